The average molecular weight is 586 g/mol. The third kappa shape index (κ3) is 6.82. The van der Waals surface area contributed by atoms with Crippen LogP contribution in [0.1, 0.15) is 20.7 Å². The van der Waals surface area contributed by atoms with Gasteiger partial charge < -0.3 is 44.2 Å². The molecule has 2 N–H and O–H groups in total. The maximum Gasteiger partial charge on any atom is 0.227 e. The van der Waals surface area contributed by atoms with Crippen molar-refractivity contribution in [1.29, 1.82) is 0 Å². The van der Waals surface area contributed by atoms with E-state index >= 15 is 0 Å². The Hall–Kier alpha value is -3.36. The number of pyridine rings is 2. The molecule has 0 radical (unpaired) electrons. The highest BCUT2D eigenvalue weighted by molar-refractivity contribution is 5.96. The van der Waals surface area contributed by atoms with Gasteiger partial charge in [-0.25, -0.2) is 0 Å². The molecule has 0 unspecified atom stereocenters. The number of halogens is 2. The number of aromatic nitrogens is 2. The third-order valence-corrected chi connectivity index (χ3v) is 5.08. The van der Waals surface area contributed by atoms with Crippen LogP contribution < -0.4 is 43.1 Å². The molecule has 0 aliphatic carbocycles. The molecule has 2 aromatic carbocycles. The number of carbonyl (C=O) groups is 2. The van der Waals surface area contributed by atoms with Crippen LogP contribution in [0.2, 0.25) is 0 Å². The fourth-order valence-electron chi connectivity index (χ4n) is 3.42. The molecule has 0 saturated carbocycles. The number of benzene rings is 2. The molecule has 0 amide bonds. The first-order valence-corrected chi connectivity index (χ1v) is 10.1. The fraction of sp³-hybridized carbons (Fsp3) is 0.0769. The minimum Gasteiger partial charge on any atom is -1.00 e. The fourth-order valence-corrected chi connectivity index (χ4v) is 3.42. The summed E-state index contributed by atoms with van der Waals surface area (Å²) in [7, 11) is 0. The Morgan fingerprint density at radius 3 is 1.26 bits per heavy atom. The van der Waals surface area contributed by atoms with Crippen molar-refractivity contribution in [3.05, 3.63) is 109 Å². The summed E-state index contributed by atoms with van der Waals surface area (Å²) in [5.41, 5.74) is 3.04. The molecule has 2 heterocycles. The van der Waals surface area contributed by atoms with Crippen LogP contribution >= 0.6 is 0 Å². The SMILES string of the molecule is O=C(C[n+]1cccc(O)c1)c1ccc(-c2ccc(C(=O)C[n+]3cccc(O)c3)cc2)cc1.[Br-].[Br-]. The van der Waals surface area contributed by atoms with Gasteiger partial charge in [-0.15, -0.1) is 0 Å². The Morgan fingerprint density at radius 1 is 0.588 bits per heavy atom. The maximum atomic E-state index is 12.5. The van der Waals surface area contributed by atoms with Crippen molar-refractivity contribution < 1.29 is 62.9 Å². The predicted molar refractivity (Wildman–Crippen MR) is 117 cm³/mol. The number of nitrogens with zero attached hydrogens (tertiary/aromatic N) is 2. The van der Waals surface area contributed by atoms with Gasteiger partial charge in [0.15, 0.2) is 23.9 Å². The van der Waals surface area contributed by atoms with Crippen LogP contribution in [0.4, 0.5) is 0 Å². The van der Waals surface area contributed by atoms with E-state index in [0.717, 1.165) is 11.1 Å². The van der Waals surface area contributed by atoms with Crippen molar-refractivity contribution in [2.75, 3.05) is 0 Å². The summed E-state index contributed by atoms with van der Waals surface area (Å²) in [6.07, 6.45) is 6.48. The molecule has 0 saturated heterocycles. The lowest BCUT2D eigenvalue weighted by Crippen LogP contribution is -3.00. The highest BCUT2D eigenvalue weighted by Crippen LogP contribution is 2.21. The first kappa shape index (κ1) is 26.9. The first-order chi connectivity index (χ1) is 15.5. The zero-order valence-corrected chi connectivity index (χ0v) is 21.2. The van der Waals surface area contributed by atoms with Gasteiger partial charge in [0.05, 0.1) is 0 Å². The molecule has 0 spiro atoms. The number of rotatable bonds is 7. The summed E-state index contributed by atoms with van der Waals surface area (Å²) < 4.78 is 3.27. The number of ketones is 2. The molecule has 8 heteroatoms. The van der Waals surface area contributed by atoms with E-state index in [0.29, 0.717) is 11.1 Å². The molecule has 0 bridgehead atoms. The van der Waals surface area contributed by atoms with E-state index in [9.17, 15) is 19.8 Å². The molecule has 4 aromatic rings. The molecule has 0 fully saturated rings. The minimum absolute atomic E-state index is 0. The maximum absolute atomic E-state index is 12.5. The highest BCUT2D eigenvalue weighted by atomic mass is 79.9. The average Bonchev–Trinajstić information content (AvgIpc) is 2.79. The molecular formula is C26H22Br2N2O4. The van der Waals surface area contributed by atoms with Gasteiger partial charge in [-0.2, -0.15) is 9.13 Å². The molecule has 0 aliphatic heterocycles. The second kappa shape index (κ2) is 12.2. The van der Waals surface area contributed by atoms with Crippen molar-refractivity contribution in [1.82, 2.24) is 0 Å². The quantitative estimate of drug-likeness (QED) is 0.180. The third-order valence-electron chi connectivity index (χ3n) is 5.08. The Bertz CT molecular complexity index is 1180. The van der Waals surface area contributed by atoms with Gasteiger partial charge in [0.25, 0.3) is 0 Å². The van der Waals surface area contributed by atoms with Gasteiger partial charge in [-0.3, -0.25) is 9.59 Å². The number of hydrogen-bond donors (Lipinski definition) is 2. The summed E-state index contributed by atoms with van der Waals surface area (Å²) in [5.74, 6) is 0.103. The molecule has 174 valence electrons. The smallest absolute Gasteiger partial charge is 0.227 e. The van der Waals surface area contributed by atoms with Crippen molar-refractivity contribution >= 4 is 11.6 Å². The van der Waals surface area contributed by atoms with Crippen LogP contribution in [0.15, 0.2) is 97.6 Å². The lowest BCUT2D eigenvalue weighted by molar-refractivity contribution is -0.683. The van der Waals surface area contributed by atoms with Crippen LogP contribution in [0.5, 0.6) is 11.5 Å². The highest BCUT2D eigenvalue weighted by Gasteiger charge is 2.14. The second-order valence-electron chi connectivity index (χ2n) is 7.47. The zero-order valence-electron chi connectivity index (χ0n) is 18.0. The van der Waals surface area contributed by atoms with Gasteiger partial charge in [-0.05, 0) is 23.3 Å². The molecule has 34 heavy (non-hydrogen) atoms. The Kier molecular flexibility index (Phi) is 9.65. The molecule has 2 aromatic heterocycles. The van der Waals surface area contributed by atoms with Crippen LogP contribution in [-0.2, 0) is 13.1 Å². The molecular weight excluding hydrogens is 564 g/mol. The van der Waals surface area contributed by atoms with Crippen LogP contribution in [0.3, 0.4) is 0 Å². The number of carbonyl (C=O) groups excluding carboxylic acids is 2. The van der Waals surface area contributed by atoms with E-state index in [-0.39, 0.29) is 70.1 Å². The van der Waals surface area contributed by atoms with E-state index in [1.54, 1.807) is 70.1 Å². The lowest BCUT2D eigenvalue weighted by atomic mass is 10.00. The van der Waals surface area contributed by atoms with Crippen LogP contribution in [-0.4, -0.2) is 21.8 Å². The van der Waals surface area contributed by atoms with Crippen molar-refractivity contribution in [2.24, 2.45) is 0 Å². The van der Waals surface area contributed by atoms with E-state index in [4.69, 9.17) is 0 Å². The summed E-state index contributed by atoms with van der Waals surface area (Å²) >= 11 is 0. The second-order valence-corrected chi connectivity index (χ2v) is 7.47. The molecule has 4 rings (SSSR count). The molecule has 6 nitrogen and oxygen atoms in total. The standard InChI is InChI=1S/C26H20N2O4.2BrH/c29-23-3-1-13-27(15-23)17-25(31)21-9-5-19(6-10-21)20-7-11-22(12-8-20)26(32)18-28-14-2-4-24(30)16-28;;/h1-16H,17-18H2;2*1H. The predicted octanol–water partition coefficient (Wildman–Crippen LogP) is -2.89. The lowest BCUT2D eigenvalue weighted by Gasteiger charge is -2.05. The zero-order chi connectivity index (χ0) is 22.5. The summed E-state index contributed by atoms with van der Waals surface area (Å²) in [5, 5.41) is 19.1. The van der Waals surface area contributed by atoms with Gasteiger partial charge in [0, 0.05) is 23.3 Å². The molecule has 0 atom stereocenters. The van der Waals surface area contributed by atoms with E-state index in [1.807, 2.05) is 24.3 Å². The van der Waals surface area contributed by atoms with Gasteiger partial charge in [-0.1, -0.05) is 48.5 Å². The number of aromatic hydroxyl groups is 2. The largest absolute Gasteiger partial charge is 1.00 e. The monoisotopic (exact) mass is 584 g/mol. The van der Waals surface area contributed by atoms with E-state index in [2.05, 4.69) is 0 Å². The summed E-state index contributed by atoms with van der Waals surface area (Å²) in [4.78, 5) is 25.0. The van der Waals surface area contributed by atoms with Crippen molar-refractivity contribution in [3.8, 4) is 22.6 Å². The van der Waals surface area contributed by atoms with Crippen LogP contribution in [0.25, 0.3) is 11.1 Å². The van der Waals surface area contributed by atoms with E-state index < -0.39 is 0 Å². The Balaban J connectivity index is 0.00000204. The van der Waals surface area contributed by atoms with Crippen molar-refractivity contribution in [3.63, 3.8) is 0 Å². The Labute approximate surface area is 218 Å². The molecule has 0 aliphatic rings. The number of hydrogen-bond acceptors (Lipinski definition) is 4. The first-order valence-electron chi connectivity index (χ1n) is 10.1. The van der Waals surface area contributed by atoms with Crippen LogP contribution in [0, 0.1) is 0 Å². The van der Waals surface area contributed by atoms with E-state index in [1.165, 1.54) is 12.4 Å². The number of Topliss-reactive ketones (excluding diaryl/α,β-unsaturated/α-hetero) is 2. The van der Waals surface area contributed by atoms with Gasteiger partial charge in [0.1, 0.15) is 0 Å². The van der Waals surface area contributed by atoms with Crippen molar-refractivity contribution in [2.45, 2.75) is 13.1 Å². The summed E-state index contributed by atoms with van der Waals surface area (Å²) in [6, 6.07) is 21.1. The normalized spacial score (nSPS) is 10.0. The minimum atomic E-state index is -0.0578. The van der Waals surface area contributed by atoms with Gasteiger partial charge in [0.2, 0.25) is 37.0 Å². The summed E-state index contributed by atoms with van der Waals surface area (Å²) in [6.45, 7) is 0.281. The Morgan fingerprint density at radius 2 is 0.941 bits per heavy atom. The van der Waals surface area contributed by atoms with Gasteiger partial charge >= 0.3 is 0 Å². The topological polar surface area (TPSA) is 82.4 Å².